The zero-order chi connectivity index (χ0) is 79.4. The Balaban J connectivity index is 0.000000178. The van der Waals surface area contributed by atoms with Gasteiger partial charge in [0.15, 0.2) is 0 Å². The highest BCUT2D eigenvalue weighted by Crippen LogP contribution is 2.42. The Hall–Kier alpha value is -1.86. The van der Waals surface area contributed by atoms with Crippen LogP contribution in [0.25, 0.3) is 0 Å². The van der Waals surface area contributed by atoms with Gasteiger partial charge in [0.25, 0.3) is 121 Å². The highest BCUT2D eigenvalue weighted by atomic mass is 32.3. The van der Waals surface area contributed by atoms with E-state index in [4.69, 9.17) is 50.2 Å². The summed E-state index contributed by atoms with van der Waals surface area (Å²) < 4.78 is 335. The van der Waals surface area contributed by atoms with Crippen LogP contribution in [0.4, 0.5) is 0 Å². The van der Waals surface area contributed by atoms with Crippen LogP contribution in [0.2, 0.25) is 0 Å². The number of hydrogen-bond donors (Lipinski definition) is 0. The fourth-order valence-corrected chi connectivity index (χ4v) is 32.9. The highest BCUT2D eigenvalue weighted by Gasteiger charge is 2.50. The lowest BCUT2D eigenvalue weighted by Gasteiger charge is -2.36. The van der Waals surface area contributed by atoms with Crippen LogP contribution in [0.5, 0.6) is 0 Å². The number of hydrogen-bond acceptors (Lipinski definition) is 36. The van der Waals surface area contributed by atoms with E-state index in [1.807, 2.05) is 20.8 Å². The molecule has 6 aliphatic heterocycles. The van der Waals surface area contributed by atoms with Crippen LogP contribution in [-0.2, 0) is 172 Å². The van der Waals surface area contributed by atoms with Gasteiger partial charge < -0.3 is 0 Å². The molecule has 12 fully saturated rings. The summed E-state index contributed by atoms with van der Waals surface area (Å²) >= 11 is 0. The summed E-state index contributed by atoms with van der Waals surface area (Å²) in [5.74, 6) is 1.45. The Morgan fingerprint density at radius 2 is 0.670 bits per heavy atom. The van der Waals surface area contributed by atoms with Gasteiger partial charge in [-0.2, -0.15) is 101 Å². The molecule has 18 atom stereocenters. The molecule has 0 N–H and O–H groups in total. The molecular weight excluding hydrogens is 1660 g/mol. The molecule has 18 unspecified atom stereocenters. The van der Waals surface area contributed by atoms with Crippen LogP contribution in [-0.4, -0.2) is 205 Å². The molecule has 618 valence electrons. The second kappa shape index (κ2) is 35.9. The van der Waals surface area contributed by atoms with Gasteiger partial charge in [-0.05, 0) is 151 Å². The third-order valence-corrected chi connectivity index (χ3v) is 39.8. The maximum Gasteiger partial charge on any atom is 0.284 e. The third-order valence-electron chi connectivity index (χ3n) is 19.5. The number of allylic oxidation sites excluding steroid dienone is 2. The van der Waals surface area contributed by atoms with Crippen molar-refractivity contribution in [1.82, 2.24) is 0 Å². The smallest absolute Gasteiger partial charge is 0.263 e. The first-order valence-electron chi connectivity index (χ1n) is 34.3. The molecule has 0 amide bonds. The van der Waals surface area contributed by atoms with Crippen molar-refractivity contribution in [2.45, 2.75) is 243 Å². The van der Waals surface area contributed by atoms with Crippen molar-refractivity contribution < 1.29 is 151 Å². The van der Waals surface area contributed by atoms with Crippen LogP contribution in [0.15, 0.2) is 37.5 Å². The maximum absolute atomic E-state index is 11.6. The summed E-state index contributed by atoms with van der Waals surface area (Å²) in [5.41, 5.74) is 0.946. The summed E-state index contributed by atoms with van der Waals surface area (Å²) in [7, 11) is -48.8. The normalized spacial score (nSPS) is 39.1. The zero-order valence-electron chi connectivity index (χ0n) is 59.3. The van der Waals surface area contributed by atoms with Crippen LogP contribution in [0.1, 0.15) is 170 Å². The lowest BCUT2D eigenvalue weighted by atomic mass is 9.78. The molecule has 0 spiro atoms. The molecule has 0 radical (unpaired) electrons. The quantitative estimate of drug-likeness (QED) is 0.255. The summed E-state index contributed by atoms with van der Waals surface area (Å²) in [5, 5.41) is -6.57. The summed E-state index contributed by atoms with van der Waals surface area (Å²) in [6.45, 7) is 23.1. The minimum Gasteiger partial charge on any atom is -0.263 e. The topological polar surface area (TPSA) is 520 Å². The first-order valence-corrected chi connectivity index (χ1v) is 53.3. The van der Waals surface area contributed by atoms with Crippen LogP contribution < -0.4 is 0 Å². The van der Waals surface area contributed by atoms with Gasteiger partial charge in [0.2, 0.25) is 30.5 Å². The molecule has 6 aliphatic carbocycles. The summed E-state index contributed by atoms with van der Waals surface area (Å²) in [6.07, 6.45) is 8.13. The van der Waals surface area contributed by atoms with Gasteiger partial charge in [-0.1, -0.05) is 84.6 Å². The first kappa shape index (κ1) is 91.3. The van der Waals surface area contributed by atoms with E-state index in [1.54, 1.807) is 12.2 Å². The van der Waals surface area contributed by atoms with Crippen molar-refractivity contribution >= 4 is 121 Å². The van der Waals surface area contributed by atoms with Crippen LogP contribution >= 0.6 is 0 Å². The minimum atomic E-state index is -4.10. The monoisotopic (exact) mass is 1750 g/mol. The Morgan fingerprint density at radius 3 is 1.06 bits per heavy atom. The SMILES string of the molecule is C=C(C)C1CCC2OS(=O)(=O)CS(=O)(=O)OC2C1.C=CC1CCC2OS(=O)(=O)CS(=O)(=O)OC2C1.C=CC1CCCC2OS(=O)(=O)CS(=O)(=O)OC12.CC(C)C1CCC2OS(=O)(=O)CS(=O)(=O)OC2C1.CC(C)C1CCCC2OS(=O)(=O)CS(=O)(=O)OC21.CCCC1CCC2OS(=O)(=O)CS(=O)(=O)OC2C1. The maximum atomic E-state index is 11.6. The van der Waals surface area contributed by atoms with Gasteiger partial charge >= 0.3 is 0 Å². The van der Waals surface area contributed by atoms with Crippen molar-refractivity contribution in [3.05, 3.63) is 37.5 Å². The van der Waals surface area contributed by atoms with Gasteiger partial charge in [0.1, 0.15) is 73.2 Å². The Kier molecular flexibility index (Phi) is 30.9. The van der Waals surface area contributed by atoms with E-state index in [0.717, 1.165) is 69.8 Å². The molecular formula is C58H98O36S12. The van der Waals surface area contributed by atoms with E-state index < -0.39 is 225 Å². The third kappa shape index (κ3) is 28.0. The average Bonchev–Trinajstić information content (AvgIpc) is 1.68. The average molecular weight is 1760 g/mol. The Labute approximate surface area is 626 Å². The molecule has 0 aromatic heterocycles. The highest BCUT2D eigenvalue weighted by molar-refractivity contribution is 8.06. The predicted molar refractivity (Wildman–Crippen MR) is 379 cm³/mol. The van der Waals surface area contributed by atoms with Gasteiger partial charge in [-0.25, -0.2) is 0 Å². The van der Waals surface area contributed by atoms with Gasteiger partial charge in [-0.15, -0.1) is 13.2 Å². The van der Waals surface area contributed by atoms with Crippen molar-refractivity contribution in [2.75, 3.05) is 30.5 Å². The molecule has 0 aromatic rings. The fourth-order valence-electron chi connectivity index (χ4n) is 14.7. The van der Waals surface area contributed by atoms with Crippen LogP contribution in [0.3, 0.4) is 0 Å². The van der Waals surface area contributed by atoms with E-state index in [-0.39, 0.29) is 29.6 Å². The second-order valence-corrected chi connectivity index (χ2v) is 50.3. The largest absolute Gasteiger partial charge is 0.284 e. The van der Waals surface area contributed by atoms with Gasteiger partial charge in [0, 0.05) is 5.92 Å². The molecule has 106 heavy (non-hydrogen) atoms. The summed E-state index contributed by atoms with van der Waals surface area (Å²) in [6, 6.07) is 0. The molecule has 12 rings (SSSR count). The second-order valence-electron chi connectivity index (χ2n) is 29.0. The number of fused-ring (bicyclic) bond motifs is 6. The van der Waals surface area contributed by atoms with E-state index >= 15 is 0 Å². The molecule has 36 nitrogen and oxygen atoms in total. The van der Waals surface area contributed by atoms with E-state index in [9.17, 15) is 101 Å². The van der Waals surface area contributed by atoms with Gasteiger partial charge in [-0.3, -0.25) is 50.2 Å². The lowest BCUT2D eigenvalue weighted by molar-refractivity contribution is -0.0180. The fraction of sp³-hybridized carbons (Fsp3) is 0.897. The first-order chi connectivity index (χ1) is 48.5. The summed E-state index contributed by atoms with van der Waals surface area (Å²) in [4.78, 5) is 0. The molecule has 0 bridgehead atoms. The molecule has 12 aliphatic rings. The van der Waals surface area contributed by atoms with Crippen LogP contribution in [0, 0.1) is 47.3 Å². The van der Waals surface area contributed by atoms with E-state index in [1.165, 1.54) is 0 Å². The van der Waals surface area contributed by atoms with E-state index in [0.29, 0.717) is 82.0 Å². The predicted octanol–water partition coefficient (Wildman–Crippen LogP) is 4.19. The molecule has 6 saturated heterocycles. The molecule has 6 saturated carbocycles. The van der Waals surface area contributed by atoms with Crippen molar-refractivity contribution in [3.8, 4) is 0 Å². The Morgan fingerprint density at radius 1 is 0.340 bits per heavy atom. The van der Waals surface area contributed by atoms with Gasteiger partial charge in [0.05, 0.1) is 0 Å². The molecule has 0 aromatic carbocycles. The number of rotatable bonds is 7. The molecule has 48 heteroatoms. The minimum absolute atomic E-state index is 0.00632. The standard InChI is InChI=1S/C10H18O6S2.C10H16O6S2.2C10H18O6S2.2C9H14O6S2/c2*1-7(2)8-3-4-9-10(5-8)16-18(13,14)6-17(11,12)15-9;1-7(2)8-4-3-5-9-10(8)16-18(13,14)6-17(11,12)15-9;1-2-3-8-4-5-9-10(6-8)16-18(13,14)7-17(11,12)15-9;1-2-7-3-4-8-9(5-7)15-17(12,13)6-16(10,11)14-8;1-2-7-4-3-5-8-9(7)15-17(12,13)6-16(10,11)14-8/h7-10H,3-6H2,1-2H3;8-10H,1,3-6H2,2H3;7-10H,3-6H2,1-2H3;8-10H,2-7H2,1H3;2*2,7-9H,1,3-6H2. The van der Waals surface area contributed by atoms with E-state index in [2.05, 4.69) is 40.5 Å². The lowest BCUT2D eigenvalue weighted by Crippen LogP contribution is -2.43. The Bertz CT molecular complexity index is 4520. The zero-order valence-corrected chi connectivity index (χ0v) is 69.1. The van der Waals surface area contributed by atoms with Crippen molar-refractivity contribution in [3.63, 3.8) is 0 Å². The van der Waals surface area contributed by atoms with Crippen molar-refractivity contribution in [1.29, 1.82) is 0 Å². The van der Waals surface area contributed by atoms with Crippen molar-refractivity contribution in [2.24, 2.45) is 47.3 Å². The molecule has 6 heterocycles.